The summed E-state index contributed by atoms with van der Waals surface area (Å²) in [7, 11) is 1.98. The summed E-state index contributed by atoms with van der Waals surface area (Å²) in [4.78, 5) is 26.9. The minimum absolute atomic E-state index is 0.125. The number of rotatable bonds is 6. The second-order valence-corrected chi connectivity index (χ2v) is 6.24. The van der Waals surface area contributed by atoms with E-state index in [1.54, 1.807) is 24.8 Å². The predicted octanol–water partition coefficient (Wildman–Crippen LogP) is 2.22. The molecule has 1 saturated carbocycles. The van der Waals surface area contributed by atoms with E-state index in [9.17, 15) is 4.79 Å². The van der Waals surface area contributed by atoms with Gasteiger partial charge in [0.2, 0.25) is 0 Å². The first-order valence-corrected chi connectivity index (χ1v) is 8.45. The van der Waals surface area contributed by atoms with Crippen molar-refractivity contribution in [3.8, 4) is 0 Å². The van der Waals surface area contributed by atoms with Crippen molar-refractivity contribution in [3.63, 3.8) is 0 Å². The zero-order chi connectivity index (χ0) is 16.8. The van der Waals surface area contributed by atoms with E-state index < -0.39 is 0 Å². The standard InChI is InChI=1S/C18H23N5O/c1-23(11-8-14-6-9-19-10-7-14)17-13-20-16(12-21-17)18(24)22-15-4-2-3-5-15/h6-7,9-10,12-13,15H,2-5,8,11H2,1H3,(H,22,24). The molecule has 0 radical (unpaired) electrons. The fourth-order valence-electron chi connectivity index (χ4n) is 2.93. The Hall–Kier alpha value is -2.50. The van der Waals surface area contributed by atoms with E-state index in [2.05, 4.69) is 20.3 Å². The van der Waals surface area contributed by atoms with Crippen LogP contribution in [0.5, 0.6) is 0 Å². The summed E-state index contributed by atoms with van der Waals surface area (Å²) < 4.78 is 0. The molecule has 0 bridgehead atoms. The van der Waals surface area contributed by atoms with E-state index in [1.165, 1.54) is 18.4 Å². The van der Waals surface area contributed by atoms with Crippen molar-refractivity contribution >= 4 is 11.7 Å². The van der Waals surface area contributed by atoms with E-state index in [4.69, 9.17) is 0 Å². The molecule has 1 amide bonds. The van der Waals surface area contributed by atoms with Crippen LogP contribution in [0.3, 0.4) is 0 Å². The third-order valence-corrected chi connectivity index (χ3v) is 4.44. The number of hydrogen-bond acceptors (Lipinski definition) is 5. The predicted molar refractivity (Wildman–Crippen MR) is 93.0 cm³/mol. The van der Waals surface area contributed by atoms with Gasteiger partial charge in [-0.2, -0.15) is 0 Å². The van der Waals surface area contributed by atoms with Crippen LogP contribution in [0.25, 0.3) is 0 Å². The first kappa shape index (κ1) is 16.4. The highest BCUT2D eigenvalue weighted by atomic mass is 16.1. The first-order chi connectivity index (χ1) is 11.7. The molecule has 6 heteroatoms. The summed E-state index contributed by atoms with van der Waals surface area (Å²) in [5.41, 5.74) is 1.62. The summed E-state index contributed by atoms with van der Waals surface area (Å²) in [6, 6.07) is 4.31. The van der Waals surface area contributed by atoms with Gasteiger partial charge in [-0.25, -0.2) is 9.97 Å². The molecule has 0 aliphatic heterocycles. The van der Waals surface area contributed by atoms with E-state index in [1.807, 2.05) is 24.1 Å². The van der Waals surface area contributed by atoms with Gasteiger partial charge in [0.05, 0.1) is 12.4 Å². The van der Waals surface area contributed by atoms with Crippen molar-refractivity contribution in [2.24, 2.45) is 0 Å². The number of nitrogens with zero attached hydrogens (tertiary/aromatic N) is 4. The van der Waals surface area contributed by atoms with E-state index in [0.29, 0.717) is 11.7 Å². The zero-order valence-corrected chi connectivity index (χ0v) is 14.0. The van der Waals surface area contributed by atoms with E-state index in [0.717, 1.165) is 31.6 Å². The topological polar surface area (TPSA) is 71.0 Å². The Morgan fingerprint density at radius 3 is 2.62 bits per heavy atom. The smallest absolute Gasteiger partial charge is 0.271 e. The average molecular weight is 325 g/mol. The van der Waals surface area contributed by atoms with Gasteiger partial charge in [0.1, 0.15) is 11.5 Å². The quantitative estimate of drug-likeness (QED) is 0.882. The molecule has 2 aromatic heterocycles. The van der Waals surface area contributed by atoms with Gasteiger partial charge < -0.3 is 10.2 Å². The van der Waals surface area contributed by atoms with Crippen LogP contribution in [0.4, 0.5) is 5.82 Å². The lowest BCUT2D eigenvalue weighted by molar-refractivity contribution is 0.0932. The summed E-state index contributed by atoms with van der Waals surface area (Å²) in [5.74, 6) is 0.641. The van der Waals surface area contributed by atoms with Gasteiger partial charge in [-0.3, -0.25) is 9.78 Å². The minimum Gasteiger partial charge on any atom is -0.358 e. The maximum atomic E-state index is 12.2. The molecule has 3 rings (SSSR count). The molecule has 1 N–H and O–H groups in total. The summed E-state index contributed by atoms with van der Waals surface area (Å²) in [5, 5.41) is 3.03. The fraction of sp³-hybridized carbons (Fsp3) is 0.444. The van der Waals surface area contributed by atoms with Gasteiger partial charge in [0.25, 0.3) is 5.91 Å². The number of pyridine rings is 1. The molecule has 0 aromatic carbocycles. The van der Waals surface area contributed by atoms with Crippen LogP contribution in [-0.4, -0.2) is 40.5 Å². The van der Waals surface area contributed by atoms with Crippen molar-refractivity contribution in [2.75, 3.05) is 18.5 Å². The maximum Gasteiger partial charge on any atom is 0.271 e. The Labute approximate surface area is 142 Å². The van der Waals surface area contributed by atoms with Crippen molar-refractivity contribution in [2.45, 2.75) is 38.1 Å². The lowest BCUT2D eigenvalue weighted by Gasteiger charge is -2.18. The second kappa shape index (κ2) is 7.86. The maximum absolute atomic E-state index is 12.2. The van der Waals surface area contributed by atoms with Crippen molar-refractivity contribution in [1.29, 1.82) is 0 Å². The normalized spacial score (nSPS) is 14.5. The summed E-state index contributed by atoms with van der Waals surface area (Å²) in [6.45, 7) is 0.826. The molecule has 0 spiro atoms. The van der Waals surface area contributed by atoms with Crippen molar-refractivity contribution < 1.29 is 4.79 Å². The third kappa shape index (κ3) is 4.28. The molecule has 0 unspecified atom stereocenters. The molecule has 2 heterocycles. The van der Waals surface area contributed by atoms with Crippen LogP contribution in [-0.2, 0) is 6.42 Å². The molecule has 1 aliphatic carbocycles. The highest BCUT2D eigenvalue weighted by Crippen LogP contribution is 2.18. The first-order valence-electron chi connectivity index (χ1n) is 8.45. The molecule has 0 atom stereocenters. The number of hydrogen-bond donors (Lipinski definition) is 1. The van der Waals surface area contributed by atoms with Gasteiger partial charge in [-0.05, 0) is 37.0 Å². The third-order valence-electron chi connectivity index (χ3n) is 4.44. The second-order valence-electron chi connectivity index (χ2n) is 6.24. The van der Waals surface area contributed by atoms with Crippen LogP contribution in [0.1, 0.15) is 41.7 Å². The molecule has 0 saturated heterocycles. The lowest BCUT2D eigenvalue weighted by atomic mass is 10.2. The minimum atomic E-state index is -0.125. The largest absolute Gasteiger partial charge is 0.358 e. The molecule has 2 aromatic rings. The lowest BCUT2D eigenvalue weighted by Crippen LogP contribution is -2.33. The molecular weight excluding hydrogens is 302 g/mol. The van der Waals surface area contributed by atoms with Gasteiger partial charge >= 0.3 is 0 Å². The fourth-order valence-corrected chi connectivity index (χ4v) is 2.93. The highest BCUT2D eigenvalue weighted by molar-refractivity contribution is 5.92. The van der Waals surface area contributed by atoms with Crippen LogP contribution >= 0.6 is 0 Å². The van der Waals surface area contributed by atoms with Crippen LogP contribution in [0, 0.1) is 0 Å². The number of aromatic nitrogens is 3. The molecule has 1 aliphatic rings. The number of anilines is 1. The summed E-state index contributed by atoms with van der Waals surface area (Å²) >= 11 is 0. The highest BCUT2D eigenvalue weighted by Gasteiger charge is 2.18. The Balaban J connectivity index is 1.54. The molecular formula is C18H23N5O. The van der Waals surface area contributed by atoms with Crippen molar-refractivity contribution in [3.05, 3.63) is 48.2 Å². The summed E-state index contributed by atoms with van der Waals surface area (Å²) in [6.07, 6.45) is 12.2. The molecule has 126 valence electrons. The number of likely N-dealkylation sites (N-methyl/N-ethyl adjacent to an activating group) is 1. The average Bonchev–Trinajstić information content (AvgIpc) is 3.13. The number of carbonyl (C=O) groups is 1. The van der Waals surface area contributed by atoms with Crippen LogP contribution in [0.2, 0.25) is 0 Å². The monoisotopic (exact) mass is 325 g/mol. The van der Waals surface area contributed by atoms with Crippen LogP contribution < -0.4 is 10.2 Å². The van der Waals surface area contributed by atoms with E-state index in [-0.39, 0.29) is 5.91 Å². The van der Waals surface area contributed by atoms with Gasteiger partial charge in [-0.15, -0.1) is 0 Å². The number of amides is 1. The van der Waals surface area contributed by atoms with Gasteiger partial charge in [0.15, 0.2) is 0 Å². The Kier molecular flexibility index (Phi) is 5.36. The SMILES string of the molecule is CN(CCc1ccncc1)c1cnc(C(=O)NC2CCCC2)cn1. The van der Waals surface area contributed by atoms with Gasteiger partial charge in [-0.1, -0.05) is 12.8 Å². The van der Waals surface area contributed by atoms with Crippen LogP contribution in [0.15, 0.2) is 36.9 Å². The zero-order valence-electron chi connectivity index (χ0n) is 14.0. The Morgan fingerprint density at radius 2 is 1.96 bits per heavy atom. The molecule has 24 heavy (non-hydrogen) atoms. The number of nitrogens with one attached hydrogen (secondary N) is 1. The molecule has 6 nitrogen and oxygen atoms in total. The van der Waals surface area contributed by atoms with Gasteiger partial charge in [0, 0.05) is 32.0 Å². The van der Waals surface area contributed by atoms with E-state index >= 15 is 0 Å². The Bertz CT molecular complexity index is 653. The number of carbonyl (C=O) groups excluding carboxylic acids is 1. The molecule has 1 fully saturated rings. The van der Waals surface area contributed by atoms with Crippen molar-refractivity contribution in [1.82, 2.24) is 20.3 Å². The Morgan fingerprint density at radius 1 is 1.21 bits per heavy atom.